The van der Waals surface area contributed by atoms with E-state index in [0.717, 1.165) is 44.5 Å². The van der Waals surface area contributed by atoms with E-state index < -0.39 is 24.2 Å². The zero-order valence-corrected chi connectivity index (χ0v) is 33.7. The van der Waals surface area contributed by atoms with Gasteiger partial charge in [-0.25, -0.2) is 9.78 Å². The van der Waals surface area contributed by atoms with E-state index in [0.29, 0.717) is 47.2 Å². The number of Topliss-reactive ketones (excluding diaryl/α,β-unsaturated/α-hetero) is 1. The first-order valence-corrected chi connectivity index (χ1v) is 20.1. The summed E-state index contributed by atoms with van der Waals surface area (Å²) in [7, 11) is 0. The summed E-state index contributed by atoms with van der Waals surface area (Å²) in [5, 5.41) is 22.8. The largest absolute Gasteiger partial charge is 0.489 e. The Morgan fingerprint density at radius 1 is 0.883 bits per heavy atom. The summed E-state index contributed by atoms with van der Waals surface area (Å²) in [6, 6.07) is 37.7. The molecule has 6 aromatic rings. The normalized spacial score (nSPS) is 16.4. The molecule has 60 heavy (non-hydrogen) atoms. The van der Waals surface area contributed by atoms with Crippen LogP contribution in [0.1, 0.15) is 50.6 Å². The van der Waals surface area contributed by atoms with Crippen LogP contribution < -0.4 is 14.8 Å². The number of amides is 1. The van der Waals surface area contributed by atoms with Crippen LogP contribution in [0.25, 0.3) is 11.1 Å². The molecular formula is C48H38Cl2N4O6. The van der Waals surface area contributed by atoms with Crippen LogP contribution in [-0.4, -0.2) is 44.7 Å². The molecule has 0 aliphatic carbocycles. The van der Waals surface area contributed by atoms with E-state index in [4.69, 9.17) is 37.9 Å². The minimum absolute atomic E-state index is 0.0943. The molecule has 0 spiro atoms. The molecule has 1 aromatic heterocycles. The number of nitrogens with zero attached hydrogens (tertiary/aromatic N) is 3. The van der Waals surface area contributed by atoms with Crippen LogP contribution in [0.15, 0.2) is 128 Å². The Balaban J connectivity index is 0.972. The van der Waals surface area contributed by atoms with Gasteiger partial charge >= 0.3 is 5.97 Å². The van der Waals surface area contributed by atoms with Gasteiger partial charge < -0.3 is 19.9 Å². The minimum Gasteiger partial charge on any atom is -0.489 e. The Kier molecular flexibility index (Phi) is 11.9. The molecule has 0 saturated carbocycles. The highest BCUT2D eigenvalue weighted by atomic mass is 35.5. The lowest BCUT2D eigenvalue weighted by Crippen LogP contribution is -2.54. The van der Waals surface area contributed by atoms with E-state index in [-0.39, 0.29) is 36.3 Å². The molecule has 2 aliphatic heterocycles. The predicted octanol–water partition coefficient (Wildman–Crippen LogP) is 8.49. The molecule has 0 fully saturated rings. The molecule has 5 aromatic carbocycles. The Hall–Kier alpha value is -6.51. The van der Waals surface area contributed by atoms with Crippen LogP contribution >= 0.6 is 23.2 Å². The van der Waals surface area contributed by atoms with Gasteiger partial charge in [0.05, 0.1) is 22.7 Å². The molecule has 2 N–H and O–H groups in total. The number of ether oxygens (including phenoxy) is 2. The Labute approximate surface area is 356 Å². The lowest BCUT2D eigenvalue weighted by Gasteiger charge is -2.37. The van der Waals surface area contributed by atoms with Crippen molar-refractivity contribution in [1.29, 1.82) is 5.26 Å². The second-order valence-corrected chi connectivity index (χ2v) is 15.7. The van der Waals surface area contributed by atoms with Gasteiger partial charge in [-0.05, 0) is 76.2 Å². The van der Waals surface area contributed by atoms with Gasteiger partial charge in [0.15, 0.2) is 11.9 Å². The highest BCUT2D eigenvalue weighted by molar-refractivity contribution is 6.41. The van der Waals surface area contributed by atoms with Crippen molar-refractivity contribution in [3.05, 3.63) is 182 Å². The zero-order chi connectivity index (χ0) is 41.8. The van der Waals surface area contributed by atoms with Crippen molar-refractivity contribution >= 4 is 40.9 Å². The molecule has 3 atom stereocenters. The van der Waals surface area contributed by atoms with E-state index in [1.54, 1.807) is 36.5 Å². The maximum atomic E-state index is 14.2. The lowest BCUT2D eigenvalue weighted by molar-refractivity contribution is -0.142. The summed E-state index contributed by atoms with van der Waals surface area (Å²) in [6.45, 7) is 1.11. The first-order chi connectivity index (χ1) is 29.1. The fourth-order valence-electron chi connectivity index (χ4n) is 7.66. The van der Waals surface area contributed by atoms with E-state index in [1.165, 1.54) is 0 Å². The third kappa shape index (κ3) is 9.19. The Morgan fingerprint density at radius 3 is 2.28 bits per heavy atom. The van der Waals surface area contributed by atoms with Gasteiger partial charge in [0.25, 0.3) is 0 Å². The maximum Gasteiger partial charge on any atom is 0.326 e. The summed E-state index contributed by atoms with van der Waals surface area (Å²) in [5.74, 6) is -0.395. The summed E-state index contributed by atoms with van der Waals surface area (Å²) < 4.78 is 12.3. The van der Waals surface area contributed by atoms with E-state index in [1.807, 2.05) is 91.0 Å². The van der Waals surface area contributed by atoms with E-state index in [9.17, 15) is 19.5 Å². The van der Waals surface area contributed by atoms with Crippen LogP contribution in [0, 0.1) is 11.3 Å². The SMILES string of the molecule is N#Cc1ccc(-c2ccc(C[C@H](NC(=O)[C@@H]3Cc4cc5c(cc4CN3Cc3ccccc3)OC(c3ccc(OCc4cnc(Cl)c(Cl)c4)cc3)C(=O)C5)C(=O)O)cc2)cc1. The molecule has 8 rings (SSSR count). The quantitative estimate of drug-likeness (QED) is 0.116. The molecular weight excluding hydrogens is 799 g/mol. The van der Waals surface area contributed by atoms with E-state index in [2.05, 4.69) is 21.3 Å². The van der Waals surface area contributed by atoms with Crippen molar-refractivity contribution in [3.63, 3.8) is 0 Å². The van der Waals surface area contributed by atoms with Gasteiger partial charge in [-0.2, -0.15) is 5.26 Å². The van der Waals surface area contributed by atoms with Gasteiger partial charge in [-0.3, -0.25) is 14.5 Å². The highest BCUT2D eigenvalue weighted by Crippen LogP contribution is 2.38. The number of benzene rings is 5. The van der Waals surface area contributed by atoms with Gasteiger partial charge in [0.2, 0.25) is 5.91 Å². The zero-order valence-electron chi connectivity index (χ0n) is 32.2. The van der Waals surface area contributed by atoms with Gasteiger partial charge in [0, 0.05) is 48.8 Å². The number of aromatic nitrogens is 1. The first kappa shape index (κ1) is 40.3. The molecule has 2 aliphatic rings. The average molecular weight is 838 g/mol. The smallest absolute Gasteiger partial charge is 0.326 e. The lowest BCUT2D eigenvalue weighted by atomic mass is 9.88. The van der Waals surface area contributed by atoms with Gasteiger partial charge in [-0.1, -0.05) is 108 Å². The summed E-state index contributed by atoms with van der Waals surface area (Å²) in [6.07, 6.45) is 1.38. The van der Waals surface area contributed by atoms with Crippen molar-refractivity contribution in [2.75, 3.05) is 0 Å². The molecule has 300 valence electrons. The van der Waals surface area contributed by atoms with Crippen molar-refractivity contribution < 1.29 is 29.0 Å². The second kappa shape index (κ2) is 17.8. The molecule has 0 bridgehead atoms. The predicted molar refractivity (Wildman–Crippen MR) is 227 cm³/mol. The number of ketones is 1. The highest BCUT2D eigenvalue weighted by Gasteiger charge is 2.36. The van der Waals surface area contributed by atoms with Gasteiger partial charge in [0.1, 0.15) is 29.3 Å². The standard InChI is InChI=1S/C48H38Cl2N4O6/c49-40-18-32(25-52-46(40)50)28-59-39-16-14-35(15-17-39)45-43(55)22-37-20-36-21-42(54(26-31-4-2-1-3-5-31)27-38(36)23-44(37)60-45)47(56)53-41(48(57)58)19-29-6-10-33(11-7-29)34-12-8-30(24-51)9-13-34/h1-18,20,23,25,41-42,45H,19,21-22,26-28H2,(H,53,56)(H,57,58)/t41-,42-,45?/m0/s1. The number of hydrogen-bond donors (Lipinski definition) is 2. The number of hydrogen-bond acceptors (Lipinski definition) is 8. The number of rotatable bonds is 12. The summed E-state index contributed by atoms with van der Waals surface area (Å²) >= 11 is 12.0. The number of fused-ring (bicyclic) bond motifs is 2. The number of nitriles is 1. The number of halogens is 2. The summed E-state index contributed by atoms with van der Waals surface area (Å²) in [5.41, 5.74) is 8.29. The third-order valence-electron chi connectivity index (χ3n) is 10.8. The molecule has 0 radical (unpaired) electrons. The number of carboxylic acids is 1. The van der Waals surface area contributed by atoms with Crippen molar-refractivity contribution in [2.24, 2.45) is 0 Å². The third-order valence-corrected chi connectivity index (χ3v) is 11.5. The topological polar surface area (TPSA) is 142 Å². The average Bonchev–Trinajstić information content (AvgIpc) is 3.26. The van der Waals surface area contributed by atoms with Gasteiger partial charge in [-0.15, -0.1) is 0 Å². The van der Waals surface area contributed by atoms with E-state index >= 15 is 0 Å². The minimum atomic E-state index is -1.16. The maximum absolute atomic E-state index is 14.2. The van der Waals surface area contributed by atoms with Crippen molar-refractivity contribution in [2.45, 2.75) is 57.1 Å². The fraction of sp³-hybridized carbons (Fsp3) is 0.188. The van der Waals surface area contributed by atoms with Crippen LogP contribution in [0.2, 0.25) is 10.2 Å². The molecule has 12 heteroatoms. The number of carboxylic acid groups (broad SMARTS) is 1. The summed E-state index contributed by atoms with van der Waals surface area (Å²) in [4.78, 5) is 46.4. The number of carbonyl (C=O) groups excluding carboxylic acids is 2. The van der Waals surface area contributed by atoms with Crippen LogP contribution in [0.4, 0.5) is 0 Å². The fourth-order valence-corrected chi connectivity index (χ4v) is 7.95. The van der Waals surface area contributed by atoms with Crippen molar-refractivity contribution in [3.8, 4) is 28.7 Å². The molecule has 0 saturated heterocycles. The number of pyridine rings is 1. The molecule has 1 unspecified atom stereocenters. The van der Waals surface area contributed by atoms with Crippen molar-refractivity contribution in [1.82, 2.24) is 15.2 Å². The first-order valence-electron chi connectivity index (χ1n) is 19.4. The number of carbonyl (C=O) groups is 3. The Morgan fingerprint density at radius 2 is 1.60 bits per heavy atom. The number of nitrogens with one attached hydrogen (secondary N) is 1. The Bertz CT molecular complexity index is 2600. The van der Waals surface area contributed by atoms with Crippen LogP contribution in [0.3, 0.4) is 0 Å². The monoisotopic (exact) mass is 836 g/mol. The molecule has 1 amide bonds. The molecule has 3 heterocycles. The second-order valence-electron chi connectivity index (χ2n) is 14.9. The van der Waals surface area contributed by atoms with Crippen LogP contribution in [-0.2, 0) is 53.3 Å². The number of aliphatic carboxylic acids is 1. The molecule has 10 nitrogen and oxygen atoms in total. The van der Waals surface area contributed by atoms with Crippen LogP contribution in [0.5, 0.6) is 11.5 Å².